The summed E-state index contributed by atoms with van der Waals surface area (Å²) in [7, 11) is 0. The van der Waals surface area contributed by atoms with E-state index in [1.165, 1.54) is 6.07 Å². The Hall–Kier alpha value is -2.21. The van der Waals surface area contributed by atoms with Gasteiger partial charge in [-0.3, -0.25) is 19.8 Å². The number of amides is 1. The Kier molecular flexibility index (Phi) is 7.13. The second kappa shape index (κ2) is 9.32. The van der Waals surface area contributed by atoms with Gasteiger partial charge in [0.1, 0.15) is 0 Å². The molecule has 0 aromatic heterocycles. The summed E-state index contributed by atoms with van der Waals surface area (Å²) in [4.78, 5) is 27.4. The average molecular weight is 345 g/mol. The molecule has 1 aliphatic heterocycles. The number of nitrogens with zero attached hydrogens (tertiary/aromatic N) is 3. The molecule has 25 heavy (non-hydrogen) atoms. The predicted octanol–water partition coefficient (Wildman–Crippen LogP) is 3.19. The van der Waals surface area contributed by atoms with E-state index >= 15 is 0 Å². The number of nitro benzene ring substituents is 1. The second-order valence-corrected chi connectivity index (χ2v) is 6.33. The lowest BCUT2D eigenvalue weighted by Gasteiger charge is -2.33. The van der Waals surface area contributed by atoms with Gasteiger partial charge in [0.15, 0.2) is 0 Å². The molecule has 1 aromatic carbocycles. The van der Waals surface area contributed by atoms with Crippen molar-refractivity contribution in [3.05, 3.63) is 46.0 Å². The Balaban J connectivity index is 1.95. The quantitative estimate of drug-likeness (QED) is 0.562. The molecule has 1 amide bonds. The topological polar surface area (TPSA) is 66.7 Å². The van der Waals surface area contributed by atoms with E-state index in [0.29, 0.717) is 12.1 Å². The molecule has 1 aromatic rings. The number of carbonyl (C=O) groups is 1. The molecule has 6 nitrogen and oxygen atoms in total. The van der Waals surface area contributed by atoms with Crippen LogP contribution < -0.4 is 0 Å². The van der Waals surface area contributed by atoms with Crippen molar-refractivity contribution in [3.63, 3.8) is 0 Å². The largest absolute Gasteiger partial charge is 0.343 e. The van der Waals surface area contributed by atoms with Crippen molar-refractivity contribution in [2.45, 2.75) is 26.7 Å². The lowest BCUT2D eigenvalue weighted by Crippen LogP contribution is -2.44. The minimum absolute atomic E-state index is 0.0631. The van der Waals surface area contributed by atoms with Gasteiger partial charge >= 0.3 is 0 Å². The molecule has 1 heterocycles. The highest BCUT2D eigenvalue weighted by atomic mass is 16.6. The van der Waals surface area contributed by atoms with Crippen LogP contribution in [0.5, 0.6) is 0 Å². The van der Waals surface area contributed by atoms with E-state index in [4.69, 9.17) is 0 Å². The van der Waals surface area contributed by atoms with E-state index in [9.17, 15) is 14.9 Å². The molecule has 0 N–H and O–H groups in total. The van der Waals surface area contributed by atoms with Gasteiger partial charge in [0, 0.05) is 32.2 Å². The predicted molar refractivity (Wildman–Crippen MR) is 99.2 cm³/mol. The van der Waals surface area contributed by atoms with Crippen molar-refractivity contribution in [2.24, 2.45) is 5.92 Å². The van der Waals surface area contributed by atoms with Crippen LogP contribution in [0.3, 0.4) is 0 Å². The number of rotatable bonds is 7. The number of hydrogen-bond donors (Lipinski definition) is 0. The normalized spacial score (nSPS) is 18.4. The van der Waals surface area contributed by atoms with E-state index in [1.54, 1.807) is 24.3 Å². The highest BCUT2D eigenvalue weighted by molar-refractivity contribution is 5.79. The molecule has 0 bridgehead atoms. The number of para-hydroxylation sites is 1. The molecule has 1 aliphatic rings. The van der Waals surface area contributed by atoms with Crippen LogP contribution in [0.15, 0.2) is 30.3 Å². The van der Waals surface area contributed by atoms with Gasteiger partial charge in [-0.25, -0.2) is 0 Å². The van der Waals surface area contributed by atoms with Crippen molar-refractivity contribution in [3.8, 4) is 0 Å². The van der Waals surface area contributed by atoms with Crippen LogP contribution in [-0.4, -0.2) is 53.4 Å². The summed E-state index contributed by atoms with van der Waals surface area (Å²) in [6.45, 7) is 7.95. The van der Waals surface area contributed by atoms with E-state index in [-0.39, 0.29) is 22.4 Å². The first-order valence-electron chi connectivity index (χ1n) is 8.97. The number of likely N-dealkylation sites (tertiary alicyclic amines) is 1. The van der Waals surface area contributed by atoms with Crippen molar-refractivity contribution in [1.29, 1.82) is 0 Å². The molecule has 136 valence electrons. The molecular formula is C19H27N3O3. The number of hydrogen-bond acceptors (Lipinski definition) is 4. The Labute approximate surface area is 149 Å². The second-order valence-electron chi connectivity index (χ2n) is 6.33. The Bertz CT molecular complexity index is 626. The van der Waals surface area contributed by atoms with E-state index in [1.807, 2.05) is 24.8 Å². The van der Waals surface area contributed by atoms with Crippen molar-refractivity contribution in [2.75, 3.05) is 32.7 Å². The first-order valence-corrected chi connectivity index (χ1v) is 8.97. The average Bonchev–Trinajstić information content (AvgIpc) is 2.63. The van der Waals surface area contributed by atoms with Gasteiger partial charge in [-0.15, -0.1) is 0 Å². The zero-order valence-corrected chi connectivity index (χ0v) is 15.1. The first kappa shape index (κ1) is 19.1. The number of piperidine rings is 1. The minimum atomic E-state index is -0.362. The van der Waals surface area contributed by atoms with Crippen LogP contribution in [0, 0.1) is 16.0 Å². The zero-order valence-electron chi connectivity index (χ0n) is 15.1. The molecule has 0 saturated carbocycles. The third-order valence-corrected chi connectivity index (χ3v) is 4.72. The lowest BCUT2D eigenvalue weighted by atomic mass is 9.96. The lowest BCUT2D eigenvalue weighted by molar-refractivity contribution is -0.385. The van der Waals surface area contributed by atoms with Crippen LogP contribution in [0.4, 0.5) is 5.69 Å². The van der Waals surface area contributed by atoms with Crippen LogP contribution in [0.1, 0.15) is 32.3 Å². The molecule has 6 heteroatoms. The van der Waals surface area contributed by atoms with Crippen LogP contribution in [-0.2, 0) is 4.79 Å². The summed E-state index contributed by atoms with van der Waals surface area (Å²) in [5.74, 6) is 0.311. The number of nitro groups is 1. The number of carbonyl (C=O) groups excluding carboxylic acids is 1. The van der Waals surface area contributed by atoms with Crippen LogP contribution >= 0.6 is 0 Å². The minimum Gasteiger partial charge on any atom is -0.343 e. The van der Waals surface area contributed by atoms with Crippen LogP contribution in [0.2, 0.25) is 0 Å². The summed E-state index contributed by atoms with van der Waals surface area (Å²) in [6, 6.07) is 6.73. The summed E-state index contributed by atoms with van der Waals surface area (Å²) in [5.41, 5.74) is 0.729. The van der Waals surface area contributed by atoms with Crippen molar-refractivity contribution < 1.29 is 9.72 Å². The highest BCUT2D eigenvalue weighted by Crippen LogP contribution is 2.21. The van der Waals surface area contributed by atoms with Gasteiger partial charge in [-0.1, -0.05) is 24.3 Å². The maximum Gasteiger partial charge on any atom is 0.276 e. The smallest absolute Gasteiger partial charge is 0.276 e. The SMILES string of the molecule is CCN(CC)C(=O)C1CCCN(CC=Cc2ccccc2[N+](=O)[O-])C1. The Morgan fingerprint density at radius 2 is 2.08 bits per heavy atom. The van der Waals surface area contributed by atoms with Gasteiger partial charge in [0.25, 0.3) is 5.69 Å². The van der Waals surface area contributed by atoms with Gasteiger partial charge in [0.05, 0.1) is 16.4 Å². The molecule has 1 atom stereocenters. The van der Waals surface area contributed by atoms with Crippen LogP contribution in [0.25, 0.3) is 6.08 Å². The first-order chi connectivity index (χ1) is 12.1. The standard InChI is InChI=1S/C19H27N3O3/c1-3-21(4-2)19(23)17-11-8-14-20(15-17)13-7-10-16-9-5-6-12-18(16)22(24)25/h5-7,9-10,12,17H,3-4,8,11,13-15H2,1-2H3. The third kappa shape index (κ3) is 5.13. The fraction of sp³-hybridized carbons (Fsp3) is 0.526. The molecular weight excluding hydrogens is 318 g/mol. The maximum absolute atomic E-state index is 12.5. The fourth-order valence-electron chi connectivity index (χ4n) is 3.34. The molecule has 1 unspecified atom stereocenters. The highest BCUT2D eigenvalue weighted by Gasteiger charge is 2.27. The molecule has 0 radical (unpaired) electrons. The monoisotopic (exact) mass is 345 g/mol. The van der Waals surface area contributed by atoms with Gasteiger partial charge in [0.2, 0.25) is 5.91 Å². The molecule has 0 spiro atoms. The zero-order chi connectivity index (χ0) is 18.2. The molecule has 0 aliphatic carbocycles. The maximum atomic E-state index is 12.5. The van der Waals surface area contributed by atoms with E-state index in [2.05, 4.69) is 4.90 Å². The summed E-state index contributed by atoms with van der Waals surface area (Å²) in [6.07, 6.45) is 5.71. The molecule has 2 rings (SSSR count). The molecule has 1 fully saturated rings. The van der Waals surface area contributed by atoms with Crippen molar-refractivity contribution >= 4 is 17.7 Å². The van der Waals surface area contributed by atoms with E-state index in [0.717, 1.165) is 39.0 Å². The molecule has 1 saturated heterocycles. The summed E-state index contributed by atoms with van der Waals surface area (Å²) < 4.78 is 0. The van der Waals surface area contributed by atoms with Gasteiger partial charge in [-0.2, -0.15) is 0 Å². The fourth-order valence-corrected chi connectivity index (χ4v) is 3.34. The summed E-state index contributed by atoms with van der Waals surface area (Å²) in [5, 5.41) is 11.0. The Morgan fingerprint density at radius 1 is 1.36 bits per heavy atom. The summed E-state index contributed by atoms with van der Waals surface area (Å²) >= 11 is 0. The van der Waals surface area contributed by atoms with Crippen molar-refractivity contribution in [1.82, 2.24) is 9.80 Å². The van der Waals surface area contributed by atoms with Gasteiger partial charge < -0.3 is 4.90 Å². The Morgan fingerprint density at radius 3 is 2.76 bits per heavy atom. The van der Waals surface area contributed by atoms with Gasteiger partial charge in [-0.05, 0) is 39.3 Å². The third-order valence-electron chi connectivity index (χ3n) is 4.72. The van der Waals surface area contributed by atoms with E-state index < -0.39 is 0 Å². The number of benzene rings is 1.